The van der Waals surface area contributed by atoms with Crippen LogP contribution in [0.4, 0.5) is 23.0 Å². The first-order valence-corrected chi connectivity index (χ1v) is 21.1. The predicted octanol–water partition coefficient (Wildman–Crippen LogP) is 6.46. The minimum atomic E-state index is -0.716. The SMILES string of the molecule is O=C(O)[C@H]1CCc2c(sc3ncnc(Nc4ccn5nccc5c4)c23)C1.O=C([C@H]1CCc2c(sc3ncnc(Nc4ccn5nccc5c4)c23)C1)N1C[C@H]2C[C@@H]1CO2. The summed E-state index contributed by atoms with van der Waals surface area (Å²) in [4.78, 5) is 48.9. The lowest BCUT2D eigenvalue weighted by molar-refractivity contribution is -0.142. The number of aryl methyl sites for hydroxylation is 2. The van der Waals surface area contributed by atoms with Gasteiger partial charge in [-0.2, -0.15) is 10.2 Å². The van der Waals surface area contributed by atoms with Crippen molar-refractivity contribution in [1.29, 1.82) is 0 Å². The number of pyridine rings is 2. The molecular weight excluding hydrogens is 775 g/mol. The molecule has 4 aliphatic rings. The van der Waals surface area contributed by atoms with Gasteiger partial charge < -0.3 is 25.4 Å². The molecule has 58 heavy (non-hydrogen) atoms. The Kier molecular flexibility index (Phi) is 8.55. The zero-order valence-corrected chi connectivity index (χ0v) is 32.7. The standard InChI is InChI=1S/C23H22N6O2S.C18H15N5O2S/c30-23(28-10-17-9-16(28)11-31-17)13-1-2-18-19(7-13)32-22-20(18)21(24-12-25-22)27-14-4-6-29-15(8-14)3-5-26-29;24-18(25)10-1-2-13-14(7-10)26-17-15(13)16(19-9-20-17)22-11-4-6-23-12(8-11)3-5-21-23/h3-6,8,12-13,16-17H,1-2,7,9-11H2,(H,24,25,27);3-6,8-10H,1-2,7H2,(H,24,25)(H,19,20,22)/t13-,16+,17+;10-/m00/s1. The van der Waals surface area contributed by atoms with Gasteiger partial charge >= 0.3 is 5.97 Å². The Bertz CT molecular complexity index is 2900. The summed E-state index contributed by atoms with van der Waals surface area (Å²) in [6, 6.07) is 12.2. The lowest BCUT2D eigenvalue weighted by atomic mass is 9.86. The molecule has 0 saturated carbocycles. The molecule has 4 atom stereocenters. The van der Waals surface area contributed by atoms with Crippen LogP contribution in [-0.4, -0.2) is 86.3 Å². The van der Waals surface area contributed by atoms with Gasteiger partial charge in [-0.1, -0.05) is 0 Å². The number of aromatic nitrogens is 8. The highest BCUT2D eigenvalue weighted by Gasteiger charge is 2.44. The van der Waals surface area contributed by atoms with E-state index in [0.29, 0.717) is 25.4 Å². The van der Waals surface area contributed by atoms with E-state index < -0.39 is 5.97 Å². The molecule has 3 N–H and O–H groups in total. The molecule has 2 fully saturated rings. The number of aliphatic carboxylic acids is 1. The van der Waals surface area contributed by atoms with Crippen LogP contribution in [0.3, 0.4) is 0 Å². The quantitative estimate of drug-likeness (QED) is 0.167. The molecule has 1 amide bonds. The molecule has 17 heteroatoms. The summed E-state index contributed by atoms with van der Waals surface area (Å²) in [5.41, 5.74) is 6.40. The van der Waals surface area contributed by atoms with Gasteiger partial charge in [-0.25, -0.2) is 29.0 Å². The van der Waals surface area contributed by atoms with Gasteiger partial charge in [-0.3, -0.25) is 9.59 Å². The van der Waals surface area contributed by atoms with Gasteiger partial charge in [0.05, 0.1) is 46.5 Å². The largest absolute Gasteiger partial charge is 0.481 e. The number of nitrogens with one attached hydrogen (secondary N) is 2. The van der Waals surface area contributed by atoms with Crippen LogP contribution in [0.15, 0.2) is 73.8 Å². The van der Waals surface area contributed by atoms with Crippen LogP contribution in [0, 0.1) is 11.8 Å². The number of rotatable bonds is 6. The fourth-order valence-electron chi connectivity index (χ4n) is 9.01. The van der Waals surface area contributed by atoms with E-state index in [-0.39, 0.29) is 24.0 Å². The molecule has 0 spiro atoms. The third-order valence-electron chi connectivity index (χ3n) is 11.9. The highest BCUT2D eigenvalue weighted by molar-refractivity contribution is 7.19. The topological polar surface area (TPSA) is 177 Å². The monoisotopic (exact) mass is 811 g/mol. The maximum atomic E-state index is 13.2. The number of likely N-dealkylation sites (tertiary alicyclic amines) is 1. The normalized spacial score (nSPS) is 20.9. The van der Waals surface area contributed by atoms with E-state index in [1.807, 2.05) is 47.2 Å². The van der Waals surface area contributed by atoms with E-state index in [4.69, 9.17) is 4.74 Å². The number of hydrogen-bond donors (Lipinski definition) is 3. The number of nitrogens with zero attached hydrogens (tertiary/aromatic N) is 9. The number of carboxylic acids is 1. The van der Waals surface area contributed by atoms with E-state index in [1.54, 1.807) is 52.2 Å². The Morgan fingerprint density at radius 3 is 1.86 bits per heavy atom. The van der Waals surface area contributed by atoms with Crippen molar-refractivity contribution in [3.8, 4) is 0 Å². The molecular formula is C41H37N11O4S2. The molecule has 0 aromatic carbocycles. The summed E-state index contributed by atoms with van der Waals surface area (Å²) < 4.78 is 9.32. The Labute approximate surface area is 338 Å². The van der Waals surface area contributed by atoms with Gasteiger partial charge in [0.25, 0.3) is 0 Å². The van der Waals surface area contributed by atoms with Crippen molar-refractivity contribution >= 4 is 89.0 Å². The maximum absolute atomic E-state index is 13.2. The first-order valence-electron chi connectivity index (χ1n) is 19.5. The van der Waals surface area contributed by atoms with Gasteiger partial charge in [0.1, 0.15) is 34.0 Å². The Morgan fingerprint density at radius 2 is 1.33 bits per heavy atom. The zero-order chi connectivity index (χ0) is 38.9. The van der Waals surface area contributed by atoms with Crippen molar-refractivity contribution in [2.24, 2.45) is 11.8 Å². The second kappa shape index (κ2) is 14.1. The Balaban J connectivity index is 0.000000136. The second-order valence-corrected chi connectivity index (χ2v) is 17.5. The van der Waals surface area contributed by atoms with Crippen LogP contribution in [0.1, 0.15) is 40.1 Å². The van der Waals surface area contributed by atoms with Crippen LogP contribution in [-0.2, 0) is 40.0 Å². The lowest BCUT2D eigenvalue weighted by Crippen LogP contribution is -2.45. The molecule has 0 unspecified atom stereocenters. The number of ether oxygens (including phenoxy) is 1. The number of amides is 1. The van der Waals surface area contributed by atoms with Gasteiger partial charge in [-0.15, -0.1) is 22.7 Å². The van der Waals surface area contributed by atoms with Gasteiger partial charge in [-0.05, 0) is 92.5 Å². The molecule has 10 heterocycles. The number of carbonyl (C=O) groups excluding carboxylic acids is 1. The number of anilines is 4. The van der Waals surface area contributed by atoms with E-state index in [1.165, 1.54) is 16.0 Å². The predicted molar refractivity (Wildman–Crippen MR) is 220 cm³/mol. The molecule has 8 aromatic heterocycles. The number of carbonyl (C=O) groups is 2. The van der Waals surface area contributed by atoms with Crippen molar-refractivity contribution in [3.63, 3.8) is 0 Å². The fraction of sp³-hybridized carbons (Fsp3) is 0.317. The van der Waals surface area contributed by atoms with Crippen LogP contribution in [0.25, 0.3) is 31.5 Å². The summed E-state index contributed by atoms with van der Waals surface area (Å²) in [6.07, 6.45) is 16.3. The van der Waals surface area contributed by atoms with E-state index in [2.05, 4.69) is 51.7 Å². The number of fused-ring (bicyclic) bond motifs is 10. The average molecular weight is 812 g/mol. The molecule has 292 valence electrons. The Morgan fingerprint density at radius 1 is 0.759 bits per heavy atom. The van der Waals surface area contributed by atoms with E-state index in [0.717, 1.165) is 98.0 Å². The van der Waals surface area contributed by atoms with E-state index >= 15 is 0 Å². The molecule has 2 aliphatic carbocycles. The zero-order valence-electron chi connectivity index (χ0n) is 31.1. The first kappa shape index (κ1) is 35.1. The maximum Gasteiger partial charge on any atom is 0.306 e. The second-order valence-electron chi connectivity index (χ2n) is 15.3. The van der Waals surface area contributed by atoms with E-state index in [9.17, 15) is 14.7 Å². The van der Waals surface area contributed by atoms with Crippen molar-refractivity contribution in [3.05, 3.63) is 94.7 Å². The van der Waals surface area contributed by atoms with Crippen LogP contribution >= 0.6 is 22.7 Å². The minimum Gasteiger partial charge on any atom is -0.481 e. The number of thiophene rings is 2. The molecule has 12 rings (SSSR count). The van der Waals surface area contributed by atoms with Crippen molar-refractivity contribution in [2.45, 2.75) is 57.1 Å². The Hall–Kier alpha value is -6.04. The van der Waals surface area contributed by atoms with Gasteiger partial charge in [0.15, 0.2) is 0 Å². The highest BCUT2D eigenvalue weighted by Crippen LogP contribution is 2.43. The van der Waals surface area contributed by atoms with Crippen LogP contribution in [0.2, 0.25) is 0 Å². The third kappa shape index (κ3) is 6.20. The molecule has 2 bridgehead atoms. The molecule has 2 saturated heterocycles. The van der Waals surface area contributed by atoms with Crippen LogP contribution < -0.4 is 10.6 Å². The summed E-state index contributed by atoms with van der Waals surface area (Å²) >= 11 is 3.29. The van der Waals surface area contributed by atoms with Crippen molar-refractivity contribution in [1.82, 2.24) is 44.1 Å². The van der Waals surface area contributed by atoms with Crippen LogP contribution in [0.5, 0.6) is 0 Å². The van der Waals surface area contributed by atoms with Gasteiger partial charge in [0.2, 0.25) is 5.91 Å². The fourth-order valence-corrected chi connectivity index (χ4v) is 11.5. The molecule has 8 aromatic rings. The van der Waals surface area contributed by atoms with Crippen molar-refractivity contribution in [2.75, 3.05) is 23.8 Å². The highest BCUT2D eigenvalue weighted by atomic mass is 32.1. The first-order chi connectivity index (χ1) is 28.4. The molecule has 2 aliphatic heterocycles. The molecule has 0 radical (unpaired) electrons. The number of carboxylic acid groups (broad SMARTS) is 1. The minimum absolute atomic E-state index is 0.0588. The molecule has 15 nitrogen and oxygen atoms in total. The summed E-state index contributed by atoms with van der Waals surface area (Å²) in [5.74, 6) is 0.946. The number of morpholine rings is 1. The summed E-state index contributed by atoms with van der Waals surface area (Å²) in [7, 11) is 0. The third-order valence-corrected chi connectivity index (χ3v) is 14.2. The average Bonchev–Trinajstić information content (AvgIpc) is 4.10. The lowest BCUT2D eigenvalue weighted by Gasteiger charge is -2.32. The summed E-state index contributed by atoms with van der Waals surface area (Å²) in [6.45, 7) is 1.47. The smallest absolute Gasteiger partial charge is 0.306 e. The summed E-state index contributed by atoms with van der Waals surface area (Å²) in [5, 5.41) is 26.8. The number of hydrogen-bond acceptors (Lipinski definition) is 13. The van der Waals surface area contributed by atoms with Gasteiger partial charge in [0, 0.05) is 58.4 Å². The van der Waals surface area contributed by atoms with Crippen molar-refractivity contribution < 1.29 is 19.4 Å².